The van der Waals surface area contributed by atoms with Crippen molar-refractivity contribution in [2.45, 2.75) is 25.2 Å². The maximum Gasteiger partial charge on any atom is 0.573 e. The van der Waals surface area contributed by atoms with Crippen molar-refractivity contribution in [2.75, 3.05) is 13.1 Å². The predicted octanol–water partition coefficient (Wildman–Crippen LogP) is 3.66. The molecule has 0 aliphatic carbocycles. The number of benzene rings is 1. The molecule has 8 heteroatoms. The largest absolute Gasteiger partial charge is 0.573 e. The van der Waals surface area contributed by atoms with Gasteiger partial charge in [-0.15, -0.1) is 25.6 Å². The summed E-state index contributed by atoms with van der Waals surface area (Å²) in [6.45, 7) is 1.81. The molecule has 1 atom stereocenters. The van der Waals surface area contributed by atoms with Gasteiger partial charge in [0.15, 0.2) is 0 Å². The summed E-state index contributed by atoms with van der Waals surface area (Å²) in [5.74, 6) is -0.0953. The molecule has 3 N–H and O–H groups in total. The molecule has 1 fully saturated rings. The Morgan fingerprint density at radius 3 is 2.43 bits per heavy atom. The summed E-state index contributed by atoms with van der Waals surface area (Å²) in [4.78, 5) is 0. The molecule has 0 aromatic heterocycles. The van der Waals surface area contributed by atoms with Crippen molar-refractivity contribution in [1.29, 1.82) is 0 Å². The summed E-state index contributed by atoms with van der Waals surface area (Å²) < 4.78 is 40.3. The topological polar surface area (TPSA) is 47.3 Å². The second kappa shape index (κ2) is 7.54. The van der Waals surface area contributed by atoms with Gasteiger partial charge in [0.05, 0.1) is 5.02 Å². The number of piperidine rings is 1. The molecule has 0 saturated carbocycles. The van der Waals surface area contributed by atoms with E-state index < -0.39 is 12.1 Å². The molecular formula is C13H17Cl2F3N2O. The fourth-order valence-corrected chi connectivity index (χ4v) is 2.63. The SMILES string of the molecule is Cl.N[C@@H](c1ccc(OC(F)(F)F)c(Cl)c1)C1CCNCC1. The second-order valence-electron chi connectivity index (χ2n) is 4.85. The van der Waals surface area contributed by atoms with Crippen LogP contribution in [-0.4, -0.2) is 19.5 Å². The minimum atomic E-state index is -4.75. The standard InChI is InChI=1S/C13H16ClF3N2O.ClH/c14-10-7-9(1-2-11(10)20-13(15,16)17)12(18)8-3-5-19-6-4-8;/h1-2,7-8,12,19H,3-6,18H2;1H/t12-;/m1./s1. The number of hydrogen-bond acceptors (Lipinski definition) is 3. The summed E-state index contributed by atoms with van der Waals surface area (Å²) in [7, 11) is 0. The van der Waals surface area contributed by atoms with Crippen LogP contribution >= 0.6 is 24.0 Å². The van der Waals surface area contributed by atoms with Crippen LogP contribution in [0.5, 0.6) is 5.75 Å². The molecule has 120 valence electrons. The lowest BCUT2D eigenvalue weighted by Gasteiger charge is -2.28. The van der Waals surface area contributed by atoms with E-state index in [0.717, 1.165) is 31.5 Å². The van der Waals surface area contributed by atoms with Crippen molar-refractivity contribution >= 4 is 24.0 Å². The van der Waals surface area contributed by atoms with Crippen LogP contribution in [0.15, 0.2) is 18.2 Å². The Labute approximate surface area is 132 Å². The molecule has 1 aromatic carbocycles. The second-order valence-corrected chi connectivity index (χ2v) is 5.26. The van der Waals surface area contributed by atoms with E-state index in [1.807, 2.05) is 0 Å². The zero-order chi connectivity index (χ0) is 14.8. The zero-order valence-electron chi connectivity index (χ0n) is 11.1. The molecular weight excluding hydrogens is 328 g/mol. The van der Waals surface area contributed by atoms with E-state index in [1.165, 1.54) is 12.1 Å². The van der Waals surface area contributed by atoms with Crippen LogP contribution < -0.4 is 15.8 Å². The first-order chi connectivity index (χ1) is 9.37. The van der Waals surface area contributed by atoms with Gasteiger partial charge in [0.2, 0.25) is 0 Å². The van der Waals surface area contributed by atoms with Crippen LogP contribution in [0.2, 0.25) is 5.02 Å². The highest BCUT2D eigenvalue weighted by Gasteiger charge is 2.32. The molecule has 0 radical (unpaired) electrons. The molecule has 0 bridgehead atoms. The van der Waals surface area contributed by atoms with Crippen molar-refractivity contribution in [3.05, 3.63) is 28.8 Å². The van der Waals surface area contributed by atoms with Crippen LogP contribution in [0.25, 0.3) is 0 Å². The molecule has 1 heterocycles. The van der Waals surface area contributed by atoms with Gasteiger partial charge in [-0.3, -0.25) is 0 Å². The van der Waals surface area contributed by atoms with Gasteiger partial charge in [-0.05, 0) is 49.5 Å². The highest BCUT2D eigenvalue weighted by Crippen LogP contribution is 2.34. The summed E-state index contributed by atoms with van der Waals surface area (Å²) in [6.07, 6.45) is -2.86. The van der Waals surface area contributed by atoms with Crippen molar-refractivity contribution in [3.8, 4) is 5.75 Å². The zero-order valence-corrected chi connectivity index (χ0v) is 12.7. The van der Waals surface area contributed by atoms with Gasteiger partial charge in [-0.1, -0.05) is 17.7 Å². The first kappa shape index (κ1) is 18.4. The molecule has 0 spiro atoms. The average molecular weight is 345 g/mol. The van der Waals surface area contributed by atoms with Crippen LogP contribution in [0.1, 0.15) is 24.4 Å². The van der Waals surface area contributed by atoms with E-state index >= 15 is 0 Å². The van der Waals surface area contributed by atoms with Gasteiger partial charge in [-0.2, -0.15) is 0 Å². The Kier molecular flexibility index (Phi) is 6.59. The Bertz CT molecular complexity index is 465. The fourth-order valence-electron chi connectivity index (χ4n) is 2.41. The first-order valence-corrected chi connectivity index (χ1v) is 6.76. The Balaban J connectivity index is 0.00000220. The van der Waals surface area contributed by atoms with E-state index in [9.17, 15) is 13.2 Å². The van der Waals surface area contributed by atoms with E-state index in [4.69, 9.17) is 17.3 Å². The lowest BCUT2D eigenvalue weighted by Crippen LogP contribution is -2.33. The van der Waals surface area contributed by atoms with E-state index in [1.54, 1.807) is 6.07 Å². The third kappa shape index (κ3) is 5.21. The van der Waals surface area contributed by atoms with Crippen LogP contribution in [0.3, 0.4) is 0 Å². The number of nitrogens with one attached hydrogen (secondary N) is 1. The highest BCUT2D eigenvalue weighted by atomic mass is 35.5. The summed E-state index contributed by atoms with van der Waals surface area (Å²) in [5.41, 5.74) is 6.90. The Morgan fingerprint density at radius 1 is 1.29 bits per heavy atom. The third-order valence-corrected chi connectivity index (χ3v) is 3.75. The quantitative estimate of drug-likeness (QED) is 0.879. The number of nitrogens with two attached hydrogens (primary N) is 1. The maximum absolute atomic E-state index is 12.2. The van der Waals surface area contributed by atoms with E-state index in [2.05, 4.69) is 10.1 Å². The maximum atomic E-state index is 12.2. The summed E-state index contributed by atoms with van der Waals surface area (Å²) >= 11 is 5.83. The minimum Gasteiger partial charge on any atom is -0.404 e. The smallest absolute Gasteiger partial charge is 0.404 e. The number of ether oxygens (including phenoxy) is 1. The van der Waals surface area contributed by atoms with E-state index in [-0.39, 0.29) is 23.5 Å². The Hall–Kier alpha value is -0.690. The van der Waals surface area contributed by atoms with Crippen LogP contribution in [-0.2, 0) is 0 Å². The fraction of sp³-hybridized carbons (Fsp3) is 0.538. The number of alkyl halides is 3. The number of hydrogen-bond donors (Lipinski definition) is 2. The number of halogens is 5. The summed E-state index contributed by atoms with van der Waals surface area (Å²) in [6, 6.07) is 3.98. The van der Waals surface area contributed by atoms with Gasteiger partial charge < -0.3 is 15.8 Å². The average Bonchev–Trinajstić information content (AvgIpc) is 2.40. The number of rotatable bonds is 3. The van der Waals surface area contributed by atoms with Crippen molar-refractivity contribution in [3.63, 3.8) is 0 Å². The normalized spacial score (nSPS) is 18.0. The lowest BCUT2D eigenvalue weighted by atomic mass is 9.86. The van der Waals surface area contributed by atoms with Gasteiger partial charge >= 0.3 is 6.36 Å². The van der Waals surface area contributed by atoms with Gasteiger partial charge in [-0.25, -0.2) is 0 Å². The van der Waals surface area contributed by atoms with E-state index in [0.29, 0.717) is 5.92 Å². The molecule has 1 aliphatic heterocycles. The molecule has 1 aromatic rings. The molecule has 2 rings (SSSR count). The van der Waals surface area contributed by atoms with Gasteiger partial charge in [0.25, 0.3) is 0 Å². The minimum absolute atomic E-state index is 0. The van der Waals surface area contributed by atoms with Crippen LogP contribution in [0.4, 0.5) is 13.2 Å². The molecule has 21 heavy (non-hydrogen) atoms. The highest BCUT2D eigenvalue weighted by molar-refractivity contribution is 6.32. The lowest BCUT2D eigenvalue weighted by molar-refractivity contribution is -0.274. The van der Waals surface area contributed by atoms with Gasteiger partial charge in [0.1, 0.15) is 5.75 Å². The molecule has 1 saturated heterocycles. The third-order valence-electron chi connectivity index (χ3n) is 3.46. The molecule has 0 unspecified atom stereocenters. The predicted molar refractivity (Wildman–Crippen MR) is 77.9 cm³/mol. The van der Waals surface area contributed by atoms with Gasteiger partial charge in [0, 0.05) is 6.04 Å². The first-order valence-electron chi connectivity index (χ1n) is 6.38. The van der Waals surface area contributed by atoms with Crippen molar-refractivity contribution in [1.82, 2.24) is 5.32 Å². The van der Waals surface area contributed by atoms with Crippen molar-refractivity contribution < 1.29 is 17.9 Å². The van der Waals surface area contributed by atoms with Crippen molar-refractivity contribution in [2.24, 2.45) is 11.7 Å². The van der Waals surface area contributed by atoms with Crippen LogP contribution in [0, 0.1) is 5.92 Å². The Morgan fingerprint density at radius 2 is 1.90 bits per heavy atom. The molecule has 3 nitrogen and oxygen atoms in total. The molecule has 1 aliphatic rings. The molecule has 0 amide bonds. The summed E-state index contributed by atoms with van der Waals surface area (Å²) in [5, 5.41) is 3.16. The monoisotopic (exact) mass is 344 g/mol.